The maximum atomic E-state index is 15.3. The largest absolute Gasteiger partial charge is 0.453 e. The summed E-state index contributed by atoms with van der Waals surface area (Å²) in [7, 11) is 0. The SMILES string of the molecule is N#Cc1c(N)ccc(F)c1Oc1ccc2ncn(C3COC4(CCN(C5CCC(c6ccc(NC7CCC(=O)NC7=O)cc6F)CC5)CC4)C3)c(=O)c2c1. The van der Waals surface area contributed by atoms with E-state index in [0.717, 1.165) is 57.7 Å². The molecule has 4 aromatic rings. The monoisotopic (exact) mass is 737 g/mol. The number of nitrogen functional groups attached to an aromatic ring is 1. The molecule has 280 valence electrons. The lowest BCUT2D eigenvalue weighted by atomic mass is 9.79. The third-order valence-electron chi connectivity index (χ3n) is 11.8. The van der Waals surface area contributed by atoms with Gasteiger partial charge in [0.2, 0.25) is 11.8 Å². The molecule has 4 fully saturated rings. The molecule has 0 bridgehead atoms. The first-order valence-corrected chi connectivity index (χ1v) is 18.5. The molecule has 4 N–H and O–H groups in total. The number of halogens is 2. The van der Waals surface area contributed by atoms with Crippen LogP contribution in [0.3, 0.4) is 0 Å². The van der Waals surface area contributed by atoms with Gasteiger partial charge in [0.15, 0.2) is 11.6 Å². The molecule has 12 nitrogen and oxygen atoms in total. The van der Waals surface area contributed by atoms with E-state index in [2.05, 4.69) is 20.5 Å². The molecule has 1 aliphatic carbocycles. The van der Waals surface area contributed by atoms with Gasteiger partial charge in [0.1, 0.15) is 29.2 Å². The van der Waals surface area contributed by atoms with Gasteiger partial charge in [-0.1, -0.05) is 6.07 Å². The summed E-state index contributed by atoms with van der Waals surface area (Å²) >= 11 is 0. The average molecular weight is 738 g/mol. The molecule has 3 aliphatic heterocycles. The van der Waals surface area contributed by atoms with Gasteiger partial charge < -0.3 is 25.4 Å². The molecule has 4 aliphatic rings. The molecule has 0 radical (unpaired) electrons. The molecular weight excluding hydrogens is 696 g/mol. The molecule has 1 saturated carbocycles. The van der Waals surface area contributed by atoms with E-state index >= 15 is 4.39 Å². The summed E-state index contributed by atoms with van der Waals surface area (Å²) in [4.78, 5) is 44.4. The van der Waals surface area contributed by atoms with Crippen LogP contribution in [0.15, 0.2) is 59.7 Å². The van der Waals surface area contributed by atoms with Crippen LogP contribution in [0.2, 0.25) is 0 Å². The normalized spacial score (nSPS) is 24.3. The van der Waals surface area contributed by atoms with Crippen LogP contribution in [-0.2, 0) is 14.3 Å². The van der Waals surface area contributed by atoms with Crippen LogP contribution in [0.25, 0.3) is 10.9 Å². The highest BCUT2D eigenvalue weighted by Crippen LogP contribution is 2.43. The Hall–Kier alpha value is -5.39. The minimum atomic E-state index is -0.739. The van der Waals surface area contributed by atoms with Crippen molar-refractivity contribution >= 4 is 34.1 Å². The zero-order chi connectivity index (χ0) is 37.6. The van der Waals surface area contributed by atoms with Crippen molar-refractivity contribution in [3.05, 3.63) is 88.0 Å². The van der Waals surface area contributed by atoms with E-state index in [-0.39, 0.29) is 69.9 Å². The van der Waals surface area contributed by atoms with Crippen molar-refractivity contribution in [3.63, 3.8) is 0 Å². The van der Waals surface area contributed by atoms with Crippen molar-refractivity contribution in [1.82, 2.24) is 19.8 Å². The number of nitrogens with zero attached hydrogens (tertiary/aromatic N) is 4. The maximum Gasteiger partial charge on any atom is 0.261 e. The minimum Gasteiger partial charge on any atom is -0.453 e. The van der Waals surface area contributed by atoms with Crippen LogP contribution < -0.4 is 26.7 Å². The molecule has 1 aromatic heterocycles. The highest BCUT2D eigenvalue weighted by Gasteiger charge is 2.45. The van der Waals surface area contributed by atoms with Crippen LogP contribution in [0.4, 0.5) is 20.2 Å². The second-order valence-corrected chi connectivity index (χ2v) is 15.0. The minimum absolute atomic E-state index is 0.0889. The number of anilines is 2. The predicted molar refractivity (Wildman–Crippen MR) is 196 cm³/mol. The number of nitrogens with two attached hydrogens (primary N) is 1. The molecule has 2 unspecified atom stereocenters. The highest BCUT2D eigenvalue weighted by molar-refractivity contribution is 6.01. The number of carbonyl (C=O) groups is 2. The quantitative estimate of drug-likeness (QED) is 0.159. The summed E-state index contributed by atoms with van der Waals surface area (Å²) in [5, 5.41) is 15.2. The van der Waals surface area contributed by atoms with Gasteiger partial charge in [0, 0.05) is 31.2 Å². The number of nitrogens with one attached hydrogen (secondary N) is 2. The van der Waals surface area contributed by atoms with E-state index in [9.17, 15) is 24.0 Å². The number of rotatable bonds is 7. The molecular formula is C40H41F2N7O5. The number of ether oxygens (including phenoxy) is 2. The molecule has 54 heavy (non-hydrogen) atoms. The van der Waals surface area contributed by atoms with Gasteiger partial charge in [-0.15, -0.1) is 0 Å². The summed E-state index contributed by atoms with van der Waals surface area (Å²) < 4.78 is 43.7. The number of carbonyl (C=O) groups excluding carboxylic acids is 2. The summed E-state index contributed by atoms with van der Waals surface area (Å²) in [5.41, 5.74) is 6.94. The van der Waals surface area contributed by atoms with E-state index in [4.69, 9.17) is 15.2 Å². The number of fused-ring (bicyclic) bond motifs is 1. The number of hydrogen-bond donors (Lipinski definition) is 3. The first kappa shape index (κ1) is 35.6. The first-order chi connectivity index (χ1) is 26.1. The van der Waals surface area contributed by atoms with Crippen molar-refractivity contribution < 1.29 is 27.8 Å². The molecule has 8 rings (SSSR count). The highest BCUT2D eigenvalue weighted by atomic mass is 19.1. The lowest BCUT2D eigenvalue weighted by molar-refractivity contribution is -0.133. The Kier molecular flexibility index (Phi) is 9.53. The lowest BCUT2D eigenvalue weighted by Gasteiger charge is -2.44. The van der Waals surface area contributed by atoms with Crippen LogP contribution in [0.5, 0.6) is 11.5 Å². The zero-order valence-corrected chi connectivity index (χ0v) is 29.7. The van der Waals surface area contributed by atoms with E-state index in [1.54, 1.807) is 23.0 Å². The molecule has 3 aromatic carbocycles. The number of amides is 2. The molecule has 1 spiro atoms. The standard InChI is InChI=1S/C40H41F2N7O5/c41-31-8-9-33(44)30(20-43)37(31)54-27-6-10-34-29(18-27)39(52)49(22-45-34)26-19-40(53-21-26)13-15-48(16-14-40)25-4-1-23(2-5-25)28-7-3-24(17-32(28)42)46-35-11-12-36(50)47-38(35)51/h3,6-10,17-18,22-23,25-26,35,46H,1-2,4-5,11-16,19,21,44H2,(H,47,50,51). The van der Waals surface area contributed by atoms with Crippen LogP contribution in [0, 0.1) is 23.0 Å². The van der Waals surface area contributed by atoms with Gasteiger partial charge in [-0.3, -0.25) is 24.3 Å². The van der Waals surface area contributed by atoms with Crippen molar-refractivity contribution in [2.45, 2.75) is 87.4 Å². The van der Waals surface area contributed by atoms with Gasteiger partial charge in [-0.05, 0) is 105 Å². The number of imide groups is 1. The van der Waals surface area contributed by atoms with Crippen LogP contribution >= 0.6 is 0 Å². The number of hydrogen-bond acceptors (Lipinski definition) is 10. The Morgan fingerprint density at radius 3 is 2.52 bits per heavy atom. The van der Waals surface area contributed by atoms with Crippen LogP contribution in [0.1, 0.15) is 80.9 Å². The van der Waals surface area contributed by atoms with Crippen molar-refractivity contribution in [1.29, 1.82) is 5.26 Å². The summed E-state index contributed by atoms with van der Waals surface area (Å²) in [5.74, 6) is -1.67. The lowest BCUT2D eigenvalue weighted by Crippen LogP contribution is -2.49. The first-order valence-electron chi connectivity index (χ1n) is 18.5. The average Bonchev–Trinajstić information content (AvgIpc) is 3.58. The number of likely N-dealkylation sites (tertiary alicyclic amines) is 1. The Balaban J connectivity index is 0.864. The fourth-order valence-corrected chi connectivity index (χ4v) is 8.72. The Labute approximate surface area is 310 Å². The van der Waals surface area contributed by atoms with E-state index < -0.39 is 11.9 Å². The van der Waals surface area contributed by atoms with Crippen molar-refractivity contribution in [2.75, 3.05) is 30.7 Å². The fourth-order valence-electron chi connectivity index (χ4n) is 8.72. The second-order valence-electron chi connectivity index (χ2n) is 15.0. The number of piperidine rings is 2. The van der Waals surface area contributed by atoms with E-state index in [0.29, 0.717) is 47.6 Å². The smallest absolute Gasteiger partial charge is 0.261 e. The molecule has 2 atom stereocenters. The summed E-state index contributed by atoms with van der Waals surface area (Å²) in [6.07, 6.45) is 8.30. The van der Waals surface area contributed by atoms with Gasteiger partial charge >= 0.3 is 0 Å². The topological polar surface area (TPSA) is 165 Å². The summed E-state index contributed by atoms with van der Waals surface area (Å²) in [6.45, 7) is 2.16. The third-order valence-corrected chi connectivity index (χ3v) is 11.8. The predicted octanol–water partition coefficient (Wildman–Crippen LogP) is 5.66. The fraction of sp³-hybridized carbons (Fsp3) is 0.425. The summed E-state index contributed by atoms with van der Waals surface area (Å²) in [6, 6.07) is 13.8. The molecule has 14 heteroatoms. The van der Waals surface area contributed by atoms with Gasteiger partial charge in [0.25, 0.3) is 5.56 Å². The van der Waals surface area contributed by atoms with Crippen LogP contribution in [-0.4, -0.2) is 63.6 Å². The van der Waals surface area contributed by atoms with E-state index in [1.165, 1.54) is 18.2 Å². The number of benzene rings is 3. The van der Waals surface area contributed by atoms with E-state index in [1.807, 2.05) is 18.2 Å². The molecule has 4 heterocycles. The Morgan fingerprint density at radius 1 is 0.981 bits per heavy atom. The zero-order valence-electron chi connectivity index (χ0n) is 29.7. The van der Waals surface area contributed by atoms with Crippen molar-refractivity contribution in [3.8, 4) is 17.6 Å². The van der Waals surface area contributed by atoms with Gasteiger partial charge in [-0.25, -0.2) is 13.8 Å². The van der Waals surface area contributed by atoms with Gasteiger partial charge in [0.05, 0.1) is 41.2 Å². The molecule has 2 amide bonds. The second kappa shape index (κ2) is 14.4. The Bertz CT molecular complexity index is 2220. The number of aromatic nitrogens is 2. The van der Waals surface area contributed by atoms with Gasteiger partial charge in [-0.2, -0.15) is 5.26 Å². The van der Waals surface area contributed by atoms with Crippen molar-refractivity contribution in [2.24, 2.45) is 0 Å². The third kappa shape index (κ3) is 6.89. The molecule has 3 saturated heterocycles. The maximum absolute atomic E-state index is 15.3. The Morgan fingerprint density at radius 2 is 1.78 bits per heavy atom. The number of nitriles is 1.